The summed E-state index contributed by atoms with van der Waals surface area (Å²) in [6.07, 6.45) is 4.61. The highest BCUT2D eigenvalue weighted by Gasteiger charge is 2.33. The molecule has 2 heterocycles. The van der Waals surface area contributed by atoms with Gasteiger partial charge in [0.1, 0.15) is 0 Å². The highest BCUT2D eigenvalue weighted by Crippen LogP contribution is 2.42. The molecule has 0 spiro atoms. The third-order valence-electron chi connectivity index (χ3n) is 4.77. The monoisotopic (exact) mass is 296 g/mol. The number of aryl methyl sites for hydroxylation is 1. The Kier molecular flexibility index (Phi) is 3.04. The minimum atomic E-state index is 0.589. The number of nitrogens with one attached hydrogen (secondary N) is 1. The van der Waals surface area contributed by atoms with Crippen LogP contribution in [0, 0.1) is 6.92 Å². The summed E-state index contributed by atoms with van der Waals surface area (Å²) in [5.41, 5.74) is 3.56. The Morgan fingerprint density at radius 2 is 2.09 bits per heavy atom. The maximum absolute atomic E-state index is 5.29. The molecule has 0 bridgehead atoms. The van der Waals surface area contributed by atoms with Gasteiger partial charge in [0.2, 0.25) is 0 Å². The highest BCUT2D eigenvalue weighted by molar-refractivity contribution is 5.87. The van der Waals surface area contributed by atoms with E-state index in [1.54, 1.807) is 0 Å². The van der Waals surface area contributed by atoms with Gasteiger partial charge in [0, 0.05) is 28.7 Å². The zero-order valence-corrected chi connectivity index (χ0v) is 13.1. The van der Waals surface area contributed by atoms with Crippen molar-refractivity contribution in [3.63, 3.8) is 0 Å². The van der Waals surface area contributed by atoms with Crippen molar-refractivity contribution in [1.82, 2.24) is 20.0 Å². The average Bonchev–Trinajstić information content (AvgIpc) is 3.03. The Bertz CT molecular complexity index is 811. The van der Waals surface area contributed by atoms with Gasteiger partial charge in [0.05, 0.1) is 0 Å². The van der Waals surface area contributed by atoms with Crippen molar-refractivity contribution in [1.29, 1.82) is 0 Å². The SMILES string of the molecule is Cc1noc(-c2ccc3[nH]cc([C@H]4C[C@H](N(C)C)C4)c3c2)n1. The van der Waals surface area contributed by atoms with Gasteiger partial charge in [-0.3, -0.25) is 0 Å². The number of hydrogen-bond donors (Lipinski definition) is 1. The van der Waals surface area contributed by atoms with Gasteiger partial charge in [0.15, 0.2) is 5.82 Å². The molecule has 5 heteroatoms. The van der Waals surface area contributed by atoms with E-state index in [4.69, 9.17) is 4.52 Å². The molecule has 3 aromatic rings. The molecular weight excluding hydrogens is 276 g/mol. The molecule has 0 atom stereocenters. The maximum atomic E-state index is 5.29. The second kappa shape index (κ2) is 4.95. The zero-order valence-electron chi connectivity index (χ0n) is 13.1. The second-order valence-electron chi connectivity index (χ2n) is 6.44. The molecule has 0 saturated heterocycles. The maximum Gasteiger partial charge on any atom is 0.257 e. The molecule has 0 unspecified atom stereocenters. The molecule has 114 valence electrons. The van der Waals surface area contributed by atoms with Crippen LogP contribution in [0.1, 0.15) is 30.1 Å². The summed E-state index contributed by atoms with van der Waals surface area (Å²) in [6.45, 7) is 1.84. The van der Waals surface area contributed by atoms with E-state index in [9.17, 15) is 0 Å². The summed E-state index contributed by atoms with van der Waals surface area (Å²) in [4.78, 5) is 10.0. The summed E-state index contributed by atoms with van der Waals surface area (Å²) < 4.78 is 5.29. The van der Waals surface area contributed by atoms with Crippen molar-refractivity contribution in [2.45, 2.75) is 31.7 Å². The molecular formula is C17H20N4O. The normalized spacial score (nSPS) is 21.5. The van der Waals surface area contributed by atoms with E-state index in [0.29, 0.717) is 23.7 Å². The summed E-state index contributed by atoms with van der Waals surface area (Å²) >= 11 is 0. The van der Waals surface area contributed by atoms with Crippen molar-refractivity contribution in [2.75, 3.05) is 14.1 Å². The quantitative estimate of drug-likeness (QED) is 0.805. The summed E-state index contributed by atoms with van der Waals surface area (Å²) in [7, 11) is 4.32. The lowest BCUT2D eigenvalue weighted by atomic mass is 9.75. The first-order chi connectivity index (χ1) is 10.6. The van der Waals surface area contributed by atoms with Crippen molar-refractivity contribution in [3.05, 3.63) is 35.8 Å². The van der Waals surface area contributed by atoms with E-state index in [1.165, 1.54) is 29.3 Å². The van der Waals surface area contributed by atoms with Gasteiger partial charge in [-0.05, 0) is 63.5 Å². The standard InChI is InChI=1S/C17H20N4O/c1-10-19-17(22-20-10)11-4-5-16-14(8-11)15(9-18-16)12-6-13(7-12)21(2)3/h4-5,8-9,12-13,18H,6-7H2,1-3H3/t12-,13-. The fourth-order valence-electron chi connectivity index (χ4n) is 3.29. The number of aromatic amines is 1. The summed E-state index contributed by atoms with van der Waals surface area (Å²) in [5, 5.41) is 5.15. The zero-order chi connectivity index (χ0) is 15.3. The lowest BCUT2D eigenvalue weighted by Gasteiger charge is -2.39. The van der Waals surface area contributed by atoms with Crippen molar-refractivity contribution < 1.29 is 4.52 Å². The molecule has 1 aromatic carbocycles. The predicted octanol–water partition coefficient (Wildman–Crippen LogP) is 3.33. The predicted molar refractivity (Wildman–Crippen MR) is 85.8 cm³/mol. The van der Waals surface area contributed by atoms with Crippen LogP contribution in [0.4, 0.5) is 0 Å². The summed E-state index contributed by atoms with van der Waals surface area (Å²) in [6, 6.07) is 6.99. The van der Waals surface area contributed by atoms with Gasteiger partial charge in [-0.15, -0.1) is 0 Å². The Labute approximate surface area is 129 Å². The largest absolute Gasteiger partial charge is 0.361 e. The van der Waals surface area contributed by atoms with Gasteiger partial charge >= 0.3 is 0 Å². The molecule has 4 rings (SSSR count). The van der Waals surface area contributed by atoms with E-state index in [1.807, 2.05) is 13.0 Å². The lowest BCUT2D eigenvalue weighted by Crippen LogP contribution is -2.39. The molecule has 1 aliphatic rings. The Morgan fingerprint density at radius 1 is 1.27 bits per heavy atom. The lowest BCUT2D eigenvalue weighted by molar-refractivity contribution is 0.167. The number of rotatable bonds is 3. The van der Waals surface area contributed by atoms with Crippen LogP contribution in [-0.2, 0) is 0 Å². The number of aromatic nitrogens is 3. The molecule has 1 aliphatic carbocycles. The number of nitrogens with zero attached hydrogens (tertiary/aromatic N) is 3. The molecule has 1 fully saturated rings. The number of fused-ring (bicyclic) bond motifs is 1. The molecule has 22 heavy (non-hydrogen) atoms. The minimum Gasteiger partial charge on any atom is -0.361 e. The topological polar surface area (TPSA) is 58.0 Å². The van der Waals surface area contributed by atoms with E-state index in [0.717, 1.165) is 5.56 Å². The van der Waals surface area contributed by atoms with Gasteiger partial charge in [-0.2, -0.15) is 4.98 Å². The second-order valence-corrected chi connectivity index (χ2v) is 6.44. The first-order valence-corrected chi connectivity index (χ1v) is 7.70. The average molecular weight is 296 g/mol. The van der Waals surface area contributed by atoms with E-state index in [2.05, 4.69) is 52.4 Å². The van der Waals surface area contributed by atoms with Crippen LogP contribution < -0.4 is 0 Å². The van der Waals surface area contributed by atoms with Crippen LogP contribution in [0.2, 0.25) is 0 Å². The molecule has 0 aliphatic heterocycles. The first kappa shape index (κ1) is 13.5. The van der Waals surface area contributed by atoms with Crippen molar-refractivity contribution in [2.24, 2.45) is 0 Å². The van der Waals surface area contributed by atoms with Gasteiger partial charge in [-0.25, -0.2) is 0 Å². The van der Waals surface area contributed by atoms with E-state index in [-0.39, 0.29) is 0 Å². The van der Waals surface area contributed by atoms with Crippen LogP contribution in [0.15, 0.2) is 28.9 Å². The first-order valence-electron chi connectivity index (χ1n) is 7.70. The molecule has 1 N–H and O–H groups in total. The number of H-pyrrole nitrogens is 1. The Balaban J connectivity index is 1.69. The van der Waals surface area contributed by atoms with Crippen molar-refractivity contribution in [3.8, 4) is 11.5 Å². The van der Waals surface area contributed by atoms with E-state index >= 15 is 0 Å². The Hall–Kier alpha value is -2.14. The van der Waals surface area contributed by atoms with Crippen LogP contribution in [0.5, 0.6) is 0 Å². The molecule has 1 saturated carbocycles. The fraction of sp³-hybridized carbons (Fsp3) is 0.412. The molecule has 0 radical (unpaired) electrons. The van der Waals surface area contributed by atoms with Crippen LogP contribution in [0.25, 0.3) is 22.4 Å². The fourth-order valence-corrected chi connectivity index (χ4v) is 3.29. The smallest absolute Gasteiger partial charge is 0.257 e. The minimum absolute atomic E-state index is 0.589. The van der Waals surface area contributed by atoms with Crippen molar-refractivity contribution >= 4 is 10.9 Å². The van der Waals surface area contributed by atoms with Crippen LogP contribution in [0.3, 0.4) is 0 Å². The van der Waals surface area contributed by atoms with Crippen LogP contribution in [-0.4, -0.2) is 40.2 Å². The highest BCUT2D eigenvalue weighted by atomic mass is 16.5. The molecule has 0 amide bonds. The molecule has 5 nitrogen and oxygen atoms in total. The Morgan fingerprint density at radius 3 is 2.77 bits per heavy atom. The number of hydrogen-bond acceptors (Lipinski definition) is 4. The van der Waals surface area contributed by atoms with E-state index < -0.39 is 0 Å². The van der Waals surface area contributed by atoms with Gasteiger partial charge in [0.25, 0.3) is 5.89 Å². The number of benzene rings is 1. The third-order valence-corrected chi connectivity index (χ3v) is 4.77. The third kappa shape index (κ3) is 2.13. The van der Waals surface area contributed by atoms with Crippen LogP contribution >= 0.6 is 0 Å². The molecule has 2 aromatic heterocycles. The summed E-state index contributed by atoms with van der Waals surface area (Å²) in [5.74, 6) is 1.89. The van der Waals surface area contributed by atoms with Gasteiger partial charge in [-0.1, -0.05) is 5.16 Å². The van der Waals surface area contributed by atoms with Gasteiger partial charge < -0.3 is 14.4 Å².